The molecule has 0 aliphatic carbocycles. The Morgan fingerprint density at radius 2 is 2.57 bits per heavy atom. The van der Waals surface area contributed by atoms with Crippen molar-refractivity contribution in [2.24, 2.45) is 4.99 Å². The van der Waals surface area contributed by atoms with Gasteiger partial charge in [-0.05, 0) is 6.72 Å². The Morgan fingerprint density at radius 1 is 1.86 bits per heavy atom. The first kappa shape index (κ1) is 4.30. The van der Waals surface area contributed by atoms with Gasteiger partial charge in [0.15, 0.2) is 0 Å². The van der Waals surface area contributed by atoms with Crippen LogP contribution in [0.25, 0.3) is 0 Å². The van der Waals surface area contributed by atoms with Crippen LogP contribution in [-0.4, -0.2) is 13.3 Å². The summed E-state index contributed by atoms with van der Waals surface area (Å²) in [5.41, 5.74) is 0.431. The standard InChI is InChI=1S/C4H5FN2/c1-6-3-2-7-4(3)5/h7H,1-2H2. The molecule has 0 spiro atoms. The van der Waals surface area contributed by atoms with Gasteiger partial charge >= 0.3 is 0 Å². The second-order valence-electron chi connectivity index (χ2n) is 1.27. The summed E-state index contributed by atoms with van der Waals surface area (Å²) < 4.78 is 11.8. The summed E-state index contributed by atoms with van der Waals surface area (Å²) in [5, 5.41) is 2.39. The quantitative estimate of drug-likeness (QED) is 0.375. The van der Waals surface area contributed by atoms with Gasteiger partial charge in [0.2, 0.25) is 5.95 Å². The normalized spacial score (nSPS) is 17.9. The van der Waals surface area contributed by atoms with Crippen molar-refractivity contribution < 1.29 is 4.39 Å². The summed E-state index contributed by atoms with van der Waals surface area (Å²) in [6.07, 6.45) is 0. The zero-order valence-electron chi connectivity index (χ0n) is 3.74. The summed E-state index contributed by atoms with van der Waals surface area (Å²) in [4.78, 5) is 3.37. The van der Waals surface area contributed by atoms with Crippen LogP contribution in [0.1, 0.15) is 0 Å². The van der Waals surface area contributed by atoms with Crippen molar-refractivity contribution in [3.8, 4) is 0 Å². The van der Waals surface area contributed by atoms with E-state index in [1.807, 2.05) is 0 Å². The molecular formula is C4H5FN2. The van der Waals surface area contributed by atoms with E-state index in [1.54, 1.807) is 0 Å². The molecule has 0 fully saturated rings. The zero-order valence-corrected chi connectivity index (χ0v) is 3.74. The summed E-state index contributed by atoms with van der Waals surface area (Å²) in [6, 6.07) is 0. The van der Waals surface area contributed by atoms with Gasteiger partial charge in [0, 0.05) is 0 Å². The predicted molar refractivity (Wildman–Crippen MR) is 25.7 cm³/mol. The van der Waals surface area contributed by atoms with Crippen molar-refractivity contribution in [3.63, 3.8) is 0 Å². The zero-order chi connectivity index (χ0) is 5.28. The summed E-state index contributed by atoms with van der Waals surface area (Å²) >= 11 is 0. The first-order valence-corrected chi connectivity index (χ1v) is 1.94. The van der Waals surface area contributed by atoms with Crippen LogP contribution in [0.3, 0.4) is 0 Å². The van der Waals surface area contributed by atoms with Crippen molar-refractivity contribution in [1.82, 2.24) is 5.32 Å². The predicted octanol–water partition coefficient (Wildman–Crippen LogP) is 0.429. The Morgan fingerprint density at radius 3 is 2.57 bits per heavy atom. The number of aliphatic imine (C=N–C) groups is 1. The molecule has 0 atom stereocenters. The molecule has 0 bridgehead atoms. The lowest BCUT2D eigenvalue weighted by atomic mass is 10.3. The van der Waals surface area contributed by atoms with Gasteiger partial charge in [-0.1, -0.05) is 0 Å². The molecule has 1 aliphatic heterocycles. The van der Waals surface area contributed by atoms with Gasteiger partial charge in [0.1, 0.15) is 5.70 Å². The lowest BCUT2D eigenvalue weighted by Crippen LogP contribution is -2.26. The smallest absolute Gasteiger partial charge is 0.210 e. The molecule has 0 aromatic rings. The molecule has 0 saturated heterocycles. The molecule has 2 nitrogen and oxygen atoms in total. The minimum absolute atomic E-state index is 0.338. The molecule has 0 radical (unpaired) electrons. The molecule has 1 heterocycles. The van der Waals surface area contributed by atoms with Gasteiger partial charge in [0.25, 0.3) is 0 Å². The van der Waals surface area contributed by atoms with Crippen LogP contribution in [0.5, 0.6) is 0 Å². The highest BCUT2D eigenvalue weighted by Gasteiger charge is 2.12. The van der Waals surface area contributed by atoms with E-state index in [0.717, 1.165) is 0 Å². The average Bonchev–Trinajstić information content (AvgIpc) is 1.65. The van der Waals surface area contributed by atoms with Crippen LogP contribution in [0.4, 0.5) is 4.39 Å². The maximum Gasteiger partial charge on any atom is 0.210 e. The molecule has 7 heavy (non-hydrogen) atoms. The molecule has 1 N–H and O–H groups in total. The van der Waals surface area contributed by atoms with Crippen molar-refractivity contribution in [3.05, 3.63) is 11.6 Å². The third kappa shape index (κ3) is 0.493. The summed E-state index contributed by atoms with van der Waals surface area (Å²) in [6.45, 7) is 3.67. The van der Waals surface area contributed by atoms with E-state index >= 15 is 0 Å². The van der Waals surface area contributed by atoms with Crippen LogP contribution in [0, 0.1) is 0 Å². The summed E-state index contributed by atoms with van der Waals surface area (Å²) in [7, 11) is 0. The highest BCUT2D eigenvalue weighted by atomic mass is 19.1. The Hall–Kier alpha value is -0.860. The lowest BCUT2D eigenvalue weighted by Gasteiger charge is -2.13. The van der Waals surface area contributed by atoms with Crippen molar-refractivity contribution in [2.45, 2.75) is 0 Å². The second-order valence-corrected chi connectivity index (χ2v) is 1.27. The fourth-order valence-corrected chi connectivity index (χ4v) is 0.360. The fourth-order valence-electron chi connectivity index (χ4n) is 0.360. The highest BCUT2D eigenvalue weighted by Crippen LogP contribution is 2.10. The number of nitrogens with zero attached hydrogens (tertiary/aromatic N) is 1. The van der Waals surface area contributed by atoms with Crippen LogP contribution in [0.2, 0.25) is 0 Å². The highest BCUT2D eigenvalue weighted by molar-refractivity contribution is 5.32. The van der Waals surface area contributed by atoms with Crippen LogP contribution < -0.4 is 5.32 Å². The van der Waals surface area contributed by atoms with Gasteiger partial charge in [-0.15, -0.1) is 0 Å². The molecular weight excluding hydrogens is 95.1 g/mol. The van der Waals surface area contributed by atoms with Crippen molar-refractivity contribution in [2.75, 3.05) is 6.54 Å². The van der Waals surface area contributed by atoms with E-state index in [-0.39, 0.29) is 5.95 Å². The molecule has 0 aromatic heterocycles. The van der Waals surface area contributed by atoms with Crippen molar-refractivity contribution >= 4 is 6.72 Å². The van der Waals surface area contributed by atoms with Gasteiger partial charge in [-0.3, -0.25) is 4.99 Å². The SMILES string of the molecule is C=NC1=C(F)NC1. The molecule has 0 aromatic carbocycles. The Bertz CT molecular complexity index is 128. The third-order valence-electron chi connectivity index (χ3n) is 0.855. The number of nitrogens with one attached hydrogen (secondary N) is 1. The molecule has 3 heteroatoms. The summed E-state index contributed by atoms with van der Waals surface area (Å²) in [5.74, 6) is -0.338. The van der Waals surface area contributed by atoms with Gasteiger partial charge in [0.05, 0.1) is 6.54 Å². The minimum atomic E-state index is -0.338. The van der Waals surface area contributed by atoms with Crippen LogP contribution in [0.15, 0.2) is 16.6 Å². The van der Waals surface area contributed by atoms with Gasteiger partial charge < -0.3 is 5.32 Å². The Balaban J connectivity index is 2.70. The fraction of sp³-hybridized carbons (Fsp3) is 0.250. The van der Waals surface area contributed by atoms with E-state index in [2.05, 4.69) is 17.0 Å². The van der Waals surface area contributed by atoms with Gasteiger partial charge in [-0.25, -0.2) is 0 Å². The molecule has 38 valence electrons. The lowest BCUT2D eigenvalue weighted by molar-refractivity contribution is 0.490. The second kappa shape index (κ2) is 1.33. The van der Waals surface area contributed by atoms with E-state index in [4.69, 9.17) is 0 Å². The monoisotopic (exact) mass is 100 g/mol. The number of hydrogen-bond acceptors (Lipinski definition) is 2. The number of rotatable bonds is 1. The topological polar surface area (TPSA) is 24.4 Å². The van der Waals surface area contributed by atoms with E-state index in [9.17, 15) is 4.39 Å². The Labute approximate surface area is 40.7 Å². The number of halogens is 1. The maximum absolute atomic E-state index is 11.8. The molecule has 1 aliphatic rings. The molecule has 0 saturated carbocycles. The molecule has 0 amide bonds. The van der Waals surface area contributed by atoms with E-state index in [0.29, 0.717) is 12.2 Å². The molecule has 1 rings (SSSR count). The number of hydrogen-bond donors (Lipinski definition) is 1. The van der Waals surface area contributed by atoms with Crippen LogP contribution >= 0.6 is 0 Å². The first-order valence-electron chi connectivity index (χ1n) is 1.94. The average molecular weight is 100 g/mol. The minimum Gasteiger partial charge on any atom is -0.355 e. The van der Waals surface area contributed by atoms with Crippen LogP contribution in [-0.2, 0) is 0 Å². The van der Waals surface area contributed by atoms with E-state index < -0.39 is 0 Å². The Kier molecular flexibility index (Phi) is 0.817. The van der Waals surface area contributed by atoms with Gasteiger partial charge in [-0.2, -0.15) is 4.39 Å². The molecule has 0 unspecified atom stereocenters. The van der Waals surface area contributed by atoms with E-state index in [1.165, 1.54) is 0 Å². The largest absolute Gasteiger partial charge is 0.355 e. The first-order chi connectivity index (χ1) is 3.34. The maximum atomic E-state index is 11.8. The van der Waals surface area contributed by atoms with Crippen molar-refractivity contribution in [1.29, 1.82) is 0 Å². The third-order valence-corrected chi connectivity index (χ3v) is 0.855.